The summed E-state index contributed by atoms with van der Waals surface area (Å²) in [5.41, 5.74) is -0.630. The maximum Gasteiger partial charge on any atom is 0.417 e. The molecule has 242 valence electrons. The summed E-state index contributed by atoms with van der Waals surface area (Å²) in [6.07, 6.45) is -5.21. The van der Waals surface area contributed by atoms with E-state index in [0.29, 0.717) is 23.7 Å². The summed E-state index contributed by atoms with van der Waals surface area (Å²) in [6, 6.07) is 5.39. The first-order valence-corrected chi connectivity index (χ1v) is 15.4. The van der Waals surface area contributed by atoms with Crippen molar-refractivity contribution in [1.82, 2.24) is 0 Å². The lowest BCUT2D eigenvalue weighted by Gasteiger charge is -2.30. The van der Waals surface area contributed by atoms with Crippen molar-refractivity contribution >= 4 is 44.5 Å². The number of alkyl halides is 6. The maximum absolute atomic E-state index is 13.6. The van der Waals surface area contributed by atoms with Crippen molar-refractivity contribution in [3.8, 4) is 0 Å². The number of likely N-dealkylation sites (N-methyl/N-ethyl adjacent to an activating group) is 1. The first kappa shape index (κ1) is 33.7. The molecule has 2 atom stereocenters. The van der Waals surface area contributed by atoms with Crippen LogP contribution in [-0.4, -0.2) is 62.8 Å². The minimum atomic E-state index is -4.70. The quantitative estimate of drug-likeness (QED) is 0.236. The van der Waals surface area contributed by atoms with E-state index >= 15 is 0 Å². The van der Waals surface area contributed by atoms with Gasteiger partial charge in [0.2, 0.25) is 0 Å². The molecule has 0 saturated heterocycles. The molecule has 0 bridgehead atoms. The van der Waals surface area contributed by atoms with Crippen molar-refractivity contribution in [2.45, 2.75) is 44.0 Å². The molecule has 2 aromatic rings. The SMILES string of the molecule is CCN1c2cc(Cl)c(C(F)(F)F)cc2N(CCO)C1/C=C\C=C1\N(C)c2ccc(C(F)(F)F)cc2N1CCC(C)S(=O)(=O)O. The fraction of sp³-hybridized carbons (Fsp3) is 0.429. The van der Waals surface area contributed by atoms with Crippen LogP contribution in [0.2, 0.25) is 5.02 Å². The number of benzene rings is 2. The lowest BCUT2D eigenvalue weighted by Crippen LogP contribution is -2.43. The smallest absolute Gasteiger partial charge is 0.395 e. The Balaban J connectivity index is 1.73. The van der Waals surface area contributed by atoms with Crippen LogP contribution in [0, 0.1) is 0 Å². The maximum atomic E-state index is 13.6. The molecular weight excluding hydrogens is 638 g/mol. The van der Waals surface area contributed by atoms with E-state index in [2.05, 4.69) is 0 Å². The average molecular weight is 669 g/mol. The van der Waals surface area contributed by atoms with Gasteiger partial charge in [-0.15, -0.1) is 0 Å². The average Bonchev–Trinajstić information content (AvgIpc) is 3.35. The molecule has 8 nitrogen and oxygen atoms in total. The minimum absolute atomic E-state index is 0.000776. The molecule has 0 aromatic heterocycles. The summed E-state index contributed by atoms with van der Waals surface area (Å²) >= 11 is 6.00. The number of aliphatic hydroxyl groups is 1. The Labute approximate surface area is 256 Å². The van der Waals surface area contributed by atoms with Gasteiger partial charge in [-0.25, -0.2) is 0 Å². The third-order valence-corrected chi connectivity index (χ3v) is 9.25. The lowest BCUT2D eigenvalue weighted by atomic mass is 10.1. The summed E-state index contributed by atoms with van der Waals surface area (Å²) in [6.45, 7) is 3.05. The van der Waals surface area contributed by atoms with E-state index in [4.69, 9.17) is 11.6 Å². The van der Waals surface area contributed by atoms with Crippen LogP contribution in [0.5, 0.6) is 0 Å². The molecule has 0 fully saturated rings. The van der Waals surface area contributed by atoms with Gasteiger partial charge in [-0.1, -0.05) is 17.7 Å². The van der Waals surface area contributed by atoms with Gasteiger partial charge in [0.1, 0.15) is 12.0 Å². The molecule has 2 aliphatic rings. The largest absolute Gasteiger partial charge is 0.417 e. The van der Waals surface area contributed by atoms with E-state index in [1.54, 1.807) is 46.9 Å². The van der Waals surface area contributed by atoms with Crippen LogP contribution in [0.4, 0.5) is 49.1 Å². The topological polar surface area (TPSA) is 87.6 Å². The number of rotatable bonds is 9. The molecule has 0 radical (unpaired) electrons. The number of allylic oxidation sites excluding steroid dienone is 2. The summed E-state index contributed by atoms with van der Waals surface area (Å²) in [5, 5.41) is 8.07. The number of nitrogens with zero attached hydrogens (tertiary/aromatic N) is 4. The zero-order chi connectivity index (χ0) is 32.8. The van der Waals surface area contributed by atoms with Gasteiger partial charge < -0.3 is 24.7 Å². The van der Waals surface area contributed by atoms with Crippen molar-refractivity contribution < 1.29 is 44.4 Å². The van der Waals surface area contributed by atoms with Gasteiger partial charge in [-0.05, 0) is 62.8 Å². The number of hydrogen-bond donors (Lipinski definition) is 2. The van der Waals surface area contributed by atoms with E-state index in [1.807, 2.05) is 0 Å². The highest BCUT2D eigenvalue weighted by Crippen LogP contribution is 2.47. The van der Waals surface area contributed by atoms with E-state index < -0.39 is 50.0 Å². The third kappa shape index (κ3) is 6.60. The molecule has 2 aliphatic heterocycles. The molecule has 0 amide bonds. The van der Waals surface area contributed by atoms with Gasteiger partial charge >= 0.3 is 12.4 Å². The van der Waals surface area contributed by atoms with Crippen molar-refractivity contribution in [3.05, 3.63) is 70.5 Å². The van der Waals surface area contributed by atoms with Crippen LogP contribution in [0.3, 0.4) is 0 Å². The Morgan fingerprint density at radius 1 is 0.977 bits per heavy atom. The van der Waals surface area contributed by atoms with Gasteiger partial charge in [-0.3, -0.25) is 4.55 Å². The predicted molar refractivity (Wildman–Crippen MR) is 158 cm³/mol. The first-order chi connectivity index (χ1) is 20.4. The van der Waals surface area contributed by atoms with E-state index in [-0.39, 0.29) is 37.5 Å². The fourth-order valence-electron chi connectivity index (χ4n) is 5.37. The molecule has 44 heavy (non-hydrogen) atoms. The number of anilines is 4. The highest BCUT2D eigenvalue weighted by molar-refractivity contribution is 7.86. The summed E-state index contributed by atoms with van der Waals surface area (Å²) < 4.78 is 114. The zero-order valence-corrected chi connectivity index (χ0v) is 25.4. The molecule has 4 rings (SSSR count). The predicted octanol–water partition coefficient (Wildman–Crippen LogP) is 6.36. The lowest BCUT2D eigenvalue weighted by molar-refractivity contribution is -0.138. The van der Waals surface area contributed by atoms with Gasteiger partial charge in [0.25, 0.3) is 10.1 Å². The molecule has 2 unspecified atom stereocenters. The van der Waals surface area contributed by atoms with Crippen molar-refractivity contribution in [3.63, 3.8) is 0 Å². The Kier molecular flexibility index (Phi) is 9.46. The van der Waals surface area contributed by atoms with Crippen molar-refractivity contribution in [2.75, 3.05) is 52.9 Å². The van der Waals surface area contributed by atoms with Crippen LogP contribution in [-0.2, 0) is 22.5 Å². The molecular formula is C28H31ClF6N4O4S. The monoisotopic (exact) mass is 668 g/mol. The molecule has 0 saturated carbocycles. The Bertz CT molecular complexity index is 1560. The molecule has 2 aromatic carbocycles. The molecule has 0 aliphatic carbocycles. The zero-order valence-electron chi connectivity index (χ0n) is 23.9. The number of hydrogen-bond acceptors (Lipinski definition) is 7. The third-order valence-electron chi connectivity index (χ3n) is 7.68. The molecule has 2 N–H and O–H groups in total. The second-order valence-corrected chi connectivity index (χ2v) is 12.6. The normalized spacial score (nSPS) is 19.0. The van der Waals surface area contributed by atoms with Crippen LogP contribution >= 0.6 is 11.6 Å². The highest BCUT2D eigenvalue weighted by Gasteiger charge is 2.40. The van der Waals surface area contributed by atoms with Crippen LogP contribution in [0.25, 0.3) is 0 Å². The van der Waals surface area contributed by atoms with Crippen LogP contribution < -0.4 is 19.6 Å². The Hall–Kier alpha value is -3.14. The number of β-amino-alcohol motifs (C(OH)–C–C–N with tert-alkyl or cyclic N) is 1. The minimum Gasteiger partial charge on any atom is -0.395 e. The Morgan fingerprint density at radius 3 is 2.20 bits per heavy atom. The van der Waals surface area contributed by atoms with Crippen LogP contribution in [0.1, 0.15) is 31.4 Å². The molecule has 16 heteroatoms. The van der Waals surface area contributed by atoms with E-state index in [1.165, 1.54) is 24.0 Å². The second kappa shape index (κ2) is 12.3. The van der Waals surface area contributed by atoms with Crippen LogP contribution in [0.15, 0.2) is 54.4 Å². The summed E-state index contributed by atoms with van der Waals surface area (Å²) in [5.74, 6) is 0.396. The number of aliphatic hydroxyl groups excluding tert-OH is 1. The number of fused-ring (bicyclic) bond motifs is 2. The second-order valence-electron chi connectivity index (χ2n) is 10.4. The van der Waals surface area contributed by atoms with Gasteiger partial charge in [0.05, 0.1) is 50.8 Å². The van der Waals surface area contributed by atoms with E-state index in [0.717, 1.165) is 18.2 Å². The fourth-order valence-corrected chi connectivity index (χ4v) is 6.04. The van der Waals surface area contributed by atoms with E-state index in [9.17, 15) is 44.4 Å². The Morgan fingerprint density at radius 2 is 1.64 bits per heavy atom. The van der Waals surface area contributed by atoms with Crippen molar-refractivity contribution in [2.24, 2.45) is 0 Å². The first-order valence-electron chi connectivity index (χ1n) is 13.5. The standard InChI is InChI=1S/C28H31ClF6N4O4S/c1-4-37-24-16-20(29)19(28(33,34)35)15-23(24)39(12-13-40)26(37)7-5-6-25-36(3)21-9-8-18(27(30,31)32)14-22(21)38(25)11-10-17(2)44(41,42)43/h5-9,14-17,26,40H,4,10-13H2,1-3H3,(H,41,42,43)/b7-5-,25-6-. The number of halogens is 7. The molecule has 0 spiro atoms. The van der Waals surface area contributed by atoms with Crippen molar-refractivity contribution in [1.29, 1.82) is 0 Å². The van der Waals surface area contributed by atoms with Gasteiger partial charge in [0, 0.05) is 26.7 Å². The highest BCUT2D eigenvalue weighted by atomic mass is 35.5. The summed E-state index contributed by atoms with van der Waals surface area (Å²) in [4.78, 5) is 6.52. The molecule has 2 heterocycles. The van der Waals surface area contributed by atoms with Gasteiger partial charge in [-0.2, -0.15) is 34.8 Å². The summed E-state index contributed by atoms with van der Waals surface area (Å²) in [7, 11) is -2.76. The van der Waals surface area contributed by atoms with Gasteiger partial charge in [0.15, 0.2) is 0 Å².